The summed E-state index contributed by atoms with van der Waals surface area (Å²) in [6.45, 7) is 2.70. The Morgan fingerprint density at radius 2 is 1.89 bits per heavy atom. The maximum atomic E-state index is 5.74. The molecule has 0 atom stereocenters. The number of nitrogens with zero attached hydrogens (tertiary/aromatic N) is 1. The molecule has 3 nitrogen and oxygen atoms in total. The van der Waals surface area contributed by atoms with E-state index in [1.165, 1.54) is 5.56 Å². The summed E-state index contributed by atoms with van der Waals surface area (Å²) in [6.07, 6.45) is 2.83. The van der Waals surface area contributed by atoms with Crippen LogP contribution in [0.3, 0.4) is 0 Å². The van der Waals surface area contributed by atoms with Gasteiger partial charge in [-0.1, -0.05) is 19.1 Å². The quantitative estimate of drug-likeness (QED) is 0.873. The Kier molecular flexibility index (Phi) is 4.18. The van der Waals surface area contributed by atoms with Crippen LogP contribution in [0.2, 0.25) is 0 Å². The molecule has 2 aromatic rings. The van der Waals surface area contributed by atoms with Gasteiger partial charge in [-0.2, -0.15) is 0 Å². The molecule has 0 aliphatic rings. The minimum absolute atomic E-state index is 0.558. The van der Waals surface area contributed by atoms with Crippen molar-refractivity contribution >= 4 is 5.82 Å². The van der Waals surface area contributed by atoms with E-state index in [9.17, 15) is 0 Å². The summed E-state index contributed by atoms with van der Waals surface area (Å²) in [7, 11) is 1.86. The smallest absolute Gasteiger partial charge is 0.126 e. The minimum atomic E-state index is 0.558. The molecule has 0 aliphatic carbocycles. The summed E-state index contributed by atoms with van der Waals surface area (Å²) in [5.74, 6) is 1.76. The first-order chi connectivity index (χ1) is 8.81. The van der Waals surface area contributed by atoms with Crippen LogP contribution in [0.1, 0.15) is 18.1 Å². The highest BCUT2D eigenvalue weighted by atomic mass is 16.5. The lowest BCUT2D eigenvalue weighted by molar-refractivity contribution is 0.306. The van der Waals surface area contributed by atoms with E-state index >= 15 is 0 Å². The van der Waals surface area contributed by atoms with Gasteiger partial charge in [0.05, 0.1) is 0 Å². The first-order valence-electron chi connectivity index (χ1n) is 6.16. The van der Waals surface area contributed by atoms with Gasteiger partial charge < -0.3 is 10.1 Å². The standard InChI is InChI=1S/C15H18N2O/c1-3-12-4-6-14(7-5-12)18-11-13-8-9-17-15(10-13)16-2/h4-10H,3,11H2,1-2H3,(H,16,17). The van der Waals surface area contributed by atoms with Crippen LogP contribution in [-0.4, -0.2) is 12.0 Å². The van der Waals surface area contributed by atoms with E-state index in [2.05, 4.69) is 29.4 Å². The van der Waals surface area contributed by atoms with Crippen LogP contribution in [-0.2, 0) is 13.0 Å². The number of anilines is 1. The van der Waals surface area contributed by atoms with Gasteiger partial charge in [-0.3, -0.25) is 0 Å². The highest BCUT2D eigenvalue weighted by Gasteiger charge is 1.98. The molecule has 2 rings (SSSR count). The zero-order valence-electron chi connectivity index (χ0n) is 10.8. The Hall–Kier alpha value is -2.03. The van der Waals surface area contributed by atoms with Crippen LogP contribution in [0.25, 0.3) is 0 Å². The summed E-state index contributed by atoms with van der Waals surface area (Å²) in [5, 5.41) is 3.01. The zero-order chi connectivity index (χ0) is 12.8. The van der Waals surface area contributed by atoms with Gasteiger partial charge in [-0.25, -0.2) is 4.98 Å². The van der Waals surface area contributed by atoms with E-state index in [0.717, 1.165) is 23.6 Å². The number of pyridine rings is 1. The van der Waals surface area contributed by atoms with Gasteiger partial charge in [0.25, 0.3) is 0 Å². The predicted octanol–water partition coefficient (Wildman–Crippen LogP) is 3.26. The molecule has 0 aliphatic heterocycles. The Morgan fingerprint density at radius 3 is 2.56 bits per heavy atom. The molecule has 18 heavy (non-hydrogen) atoms. The fourth-order valence-corrected chi connectivity index (χ4v) is 1.69. The number of hydrogen-bond donors (Lipinski definition) is 1. The van der Waals surface area contributed by atoms with Crippen LogP contribution in [0.15, 0.2) is 42.6 Å². The molecule has 0 spiro atoms. The largest absolute Gasteiger partial charge is 0.489 e. The molecule has 1 aromatic carbocycles. The van der Waals surface area contributed by atoms with Gasteiger partial charge in [0, 0.05) is 13.2 Å². The SMILES string of the molecule is CCc1ccc(OCc2ccnc(NC)c2)cc1. The first-order valence-corrected chi connectivity index (χ1v) is 6.16. The summed E-state index contributed by atoms with van der Waals surface area (Å²) >= 11 is 0. The summed E-state index contributed by atoms with van der Waals surface area (Å²) < 4.78 is 5.74. The molecule has 0 saturated carbocycles. The lowest BCUT2D eigenvalue weighted by Crippen LogP contribution is -1.98. The molecule has 3 heteroatoms. The Bertz CT molecular complexity index is 494. The van der Waals surface area contributed by atoms with Crippen molar-refractivity contribution in [1.29, 1.82) is 0 Å². The first kappa shape index (κ1) is 12.4. The minimum Gasteiger partial charge on any atom is -0.489 e. The molecule has 1 aromatic heterocycles. The summed E-state index contributed by atoms with van der Waals surface area (Å²) in [4.78, 5) is 4.17. The molecule has 0 radical (unpaired) electrons. The van der Waals surface area contributed by atoms with Crippen molar-refractivity contribution in [2.75, 3.05) is 12.4 Å². The third-order valence-electron chi connectivity index (χ3n) is 2.82. The molecular weight excluding hydrogens is 224 g/mol. The Balaban J connectivity index is 1.97. The highest BCUT2D eigenvalue weighted by molar-refractivity contribution is 5.36. The van der Waals surface area contributed by atoms with Gasteiger partial charge >= 0.3 is 0 Å². The van der Waals surface area contributed by atoms with Crippen molar-refractivity contribution in [1.82, 2.24) is 4.98 Å². The van der Waals surface area contributed by atoms with Crippen LogP contribution >= 0.6 is 0 Å². The van der Waals surface area contributed by atoms with Crippen LogP contribution in [0.5, 0.6) is 5.75 Å². The van der Waals surface area contributed by atoms with Gasteiger partial charge in [0.2, 0.25) is 0 Å². The number of ether oxygens (including phenoxy) is 1. The van der Waals surface area contributed by atoms with Gasteiger partial charge in [-0.15, -0.1) is 0 Å². The zero-order valence-corrected chi connectivity index (χ0v) is 10.8. The molecule has 0 fully saturated rings. The number of aryl methyl sites for hydroxylation is 1. The molecular formula is C15H18N2O. The molecule has 1 N–H and O–H groups in total. The van der Waals surface area contributed by atoms with E-state index in [0.29, 0.717) is 6.61 Å². The molecule has 0 unspecified atom stereocenters. The average molecular weight is 242 g/mol. The number of aromatic nitrogens is 1. The normalized spacial score (nSPS) is 10.1. The summed E-state index contributed by atoms with van der Waals surface area (Å²) in [5.41, 5.74) is 2.43. The van der Waals surface area contributed by atoms with Crippen LogP contribution < -0.4 is 10.1 Å². The van der Waals surface area contributed by atoms with Crippen LogP contribution in [0.4, 0.5) is 5.82 Å². The monoisotopic (exact) mass is 242 g/mol. The fourth-order valence-electron chi connectivity index (χ4n) is 1.69. The molecule has 0 bridgehead atoms. The fraction of sp³-hybridized carbons (Fsp3) is 0.267. The predicted molar refractivity (Wildman–Crippen MR) is 73.9 cm³/mol. The van der Waals surface area contributed by atoms with Crippen molar-refractivity contribution in [3.05, 3.63) is 53.7 Å². The number of rotatable bonds is 5. The second-order valence-electron chi connectivity index (χ2n) is 4.09. The third kappa shape index (κ3) is 3.23. The maximum Gasteiger partial charge on any atom is 0.126 e. The van der Waals surface area contributed by atoms with Crippen molar-refractivity contribution in [3.8, 4) is 5.75 Å². The third-order valence-corrected chi connectivity index (χ3v) is 2.82. The van der Waals surface area contributed by atoms with Crippen LogP contribution in [0, 0.1) is 0 Å². The van der Waals surface area contributed by atoms with Crippen molar-refractivity contribution in [2.24, 2.45) is 0 Å². The Morgan fingerprint density at radius 1 is 1.11 bits per heavy atom. The van der Waals surface area contributed by atoms with Crippen molar-refractivity contribution in [2.45, 2.75) is 20.0 Å². The molecule has 0 saturated heterocycles. The van der Waals surface area contributed by atoms with Gasteiger partial charge in [-0.05, 0) is 41.8 Å². The lowest BCUT2D eigenvalue weighted by Gasteiger charge is -2.08. The number of hydrogen-bond acceptors (Lipinski definition) is 3. The van der Waals surface area contributed by atoms with Crippen molar-refractivity contribution < 1.29 is 4.74 Å². The second kappa shape index (κ2) is 6.05. The maximum absolute atomic E-state index is 5.74. The van der Waals surface area contributed by atoms with Crippen molar-refractivity contribution in [3.63, 3.8) is 0 Å². The molecule has 94 valence electrons. The second-order valence-corrected chi connectivity index (χ2v) is 4.09. The molecule has 0 amide bonds. The molecule has 1 heterocycles. The summed E-state index contributed by atoms with van der Waals surface area (Å²) in [6, 6.07) is 12.2. The number of nitrogens with one attached hydrogen (secondary N) is 1. The van der Waals surface area contributed by atoms with E-state index in [-0.39, 0.29) is 0 Å². The Labute approximate surface area is 108 Å². The lowest BCUT2D eigenvalue weighted by atomic mass is 10.2. The van der Waals surface area contributed by atoms with Gasteiger partial charge in [0.15, 0.2) is 0 Å². The van der Waals surface area contributed by atoms with Gasteiger partial charge in [0.1, 0.15) is 18.2 Å². The average Bonchev–Trinajstić information content (AvgIpc) is 2.46. The number of benzene rings is 1. The van der Waals surface area contributed by atoms with E-state index in [1.807, 2.05) is 31.3 Å². The van der Waals surface area contributed by atoms with E-state index < -0.39 is 0 Å². The van der Waals surface area contributed by atoms with E-state index in [1.54, 1.807) is 6.20 Å². The highest BCUT2D eigenvalue weighted by Crippen LogP contribution is 2.15. The topological polar surface area (TPSA) is 34.1 Å². The van der Waals surface area contributed by atoms with E-state index in [4.69, 9.17) is 4.74 Å².